The van der Waals surface area contributed by atoms with Crippen LogP contribution in [0, 0.1) is 5.92 Å². The van der Waals surface area contributed by atoms with Crippen LogP contribution < -0.4 is 10.1 Å². The number of nitrogens with one attached hydrogen (secondary N) is 1. The first-order valence-electron chi connectivity index (χ1n) is 9.40. The Balaban J connectivity index is 2.37. The number of rotatable bonds is 8. The van der Waals surface area contributed by atoms with Crippen molar-refractivity contribution in [3.05, 3.63) is 36.4 Å². The van der Waals surface area contributed by atoms with Crippen LogP contribution in [0.3, 0.4) is 0 Å². The van der Waals surface area contributed by atoms with E-state index < -0.39 is 5.60 Å². The Bertz CT molecular complexity index is 754. The highest BCUT2D eigenvalue weighted by Crippen LogP contribution is 2.33. The van der Waals surface area contributed by atoms with Crippen LogP contribution in [0.25, 0.3) is 10.8 Å². The van der Waals surface area contributed by atoms with E-state index in [0.29, 0.717) is 18.9 Å². The maximum absolute atomic E-state index is 13.0. The number of ether oxygens (including phenoxy) is 2. The summed E-state index contributed by atoms with van der Waals surface area (Å²) in [5.41, 5.74) is -0.0756. The molecule has 0 unspecified atom stereocenters. The minimum Gasteiger partial charge on any atom is -0.490 e. The van der Waals surface area contributed by atoms with Crippen molar-refractivity contribution in [3.8, 4) is 5.75 Å². The van der Waals surface area contributed by atoms with Gasteiger partial charge in [-0.15, -0.1) is 0 Å². The number of hydrogen-bond donors (Lipinski definition) is 1. The summed E-state index contributed by atoms with van der Waals surface area (Å²) in [6.45, 7) is 12.5. The first-order chi connectivity index (χ1) is 12.3. The molecule has 2 aromatic rings. The number of carbonyl (C=O) groups is 1. The molecule has 1 atom stereocenters. The van der Waals surface area contributed by atoms with Crippen LogP contribution in [0.4, 0.5) is 5.69 Å². The fraction of sp³-hybridized carbons (Fsp3) is 0.500. The van der Waals surface area contributed by atoms with Gasteiger partial charge in [-0.2, -0.15) is 0 Å². The molecular formula is C22H31NO3. The summed E-state index contributed by atoms with van der Waals surface area (Å²) in [4.78, 5) is 13.0. The van der Waals surface area contributed by atoms with Gasteiger partial charge in [-0.3, -0.25) is 4.79 Å². The standard InChI is InChI=1S/C22H31NO3/c1-7-25-22(6,14-15(2)3)21(24)23-19-12-13-20(26-16(4)5)18-11-9-8-10-17(18)19/h8-13,15-16H,7,14H2,1-6H3,(H,23,24)/t22-/m0/s1. The molecule has 0 aromatic heterocycles. The molecular weight excluding hydrogens is 326 g/mol. The molecule has 1 amide bonds. The highest BCUT2D eigenvalue weighted by atomic mass is 16.5. The highest BCUT2D eigenvalue weighted by molar-refractivity contribution is 6.06. The van der Waals surface area contributed by atoms with E-state index in [4.69, 9.17) is 9.47 Å². The van der Waals surface area contributed by atoms with Gasteiger partial charge in [0.15, 0.2) is 0 Å². The molecule has 0 fully saturated rings. The summed E-state index contributed by atoms with van der Waals surface area (Å²) in [6, 6.07) is 11.8. The first kappa shape index (κ1) is 20.2. The number of fused-ring (bicyclic) bond motifs is 1. The van der Waals surface area contributed by atoms with Crippen LogP contribution in [0.1, 0.15) is 48.0 Å². The smallest absolute Gasteiger partial charge is 0.256 e. The van der Waals surface area contributed by atoms with E-state index in [-0.39, 0.29) is 12.0 Å². The molecule has 0 aliphatic carbocycles. The molecule has 4 heteroatoms. The Morgan fingerprint density at radius 1 is 1.08 bits per heavy atom. The van der Waals surface area contributed by atoms with Crippen LogP contribution in [-0.2, 0) is 9.53 Å². The van der Waals surface area contributed by atoms with Crippen molar-refractivity contribution < 1.29 is 14.3 Å². The van der Waals surface area contributed by atoms with E-state index in [1.807, 2.05) is 64.1 Å². The zero-order valence-electron chi connectivity index (χ0n) is 16.8. The van der Waals surface area contributed by atoms with Crippen molar-refractivity contribution in [2.24, 2.45) is 5.92 Å². The lowest BCUT2D eigenvalue weighted by Gasteiger charge is -2.30. The van der Waals surface area contributed by atoms with Crippen molar-refractivity contribution >= 4 is 22.4 Å². The first-order valence-corrected chi connectivity index (χ1v) is 9.40. The number of benzene rings is 2. The average molecular weight is 357 g/mol. The monoisotopic (exact) mass is 357 g/mol. The Hall–Kier alpha value is -2.07. The summed E-state index contributed by atoms with van der Waals surface area (Å²) in [7, 11) is 0. The van der Waals surface area contributed by atoms with Crippen molar-refractivity contribution in [2.45, 2.75) is 59.7 Å². The lowest BCUT2D eigenvalue weighted by molar-refractivity contribution is -0.140. The maximum Gasteiger partial charge on any atom is 0.256 e. The third-order valence-corrected chi connectivity index (χ3v) is 4.24. The third-order valence-electron chi connectivity index (χ3n) is 4.24. The molecule has 0 saturated heterocycles. The molecule has 0 heterocycles. The van der Waals surface area contributed by atoms with Crippen LogP contribution in [0.15, 0.2) is 36.4 Å². The van der Waals surface area contributed by atoms with Gasteiger partial charge >= 0.3 is 0 Å². The van der Waals surface area contributed by atoms with Crippen molar-refractivity contribution in [3.63, 3.8) is 0 Å². The molecule has 2 rings (SSSR count). The van der Waals surface area contributed by atoms with E-state index in [2.05, 4.69) is 19.2 Å². The summed E-state index contributed by atoms with van der Waals surface area (Å²) < 4.78 is 11.7. The quantitative estimate of drug-likeness (QED) is 0.687. The summed E-state index contributed by atoms with van der Waals surface area (Å²) in [5, 5.41) is 5.02. The van der Waals surface area contributed by atoms with E-state index in [1.54, 1.807) is 0 Å². The van der Waals surface area contributed by atoms with Crippen LogP contribution in [-0.4, -0.2) is 24.2 Å². The predicted octanol–water partition coefficient (Wildman–Crippen LogP) is 5.41. The topological polar surface area (TPSA) is 47.6 Å². The fourth-order valence-corrected chi connectivity index (χ4v) is 3.31. The van der Waals surface area contributed by atoms with Crippen molar-refractivity contribution in [1.29, 1.82) is 0 Å². The predicted molar refractivity (Wildman–Crippen MR) is 108 cm³/mol. The van der Waals surface area contributed by atoms with Gasteiger partial charge in [0.25, 0.3) is 5.91 Å². The van der Waals surface area contributed by atoms with Crippen molar-refractivity contribution in [1.82, 2.24) is 0 Å². The second-order valence-corrected chi connectivity index (χ2v) is 7.54. The molecule has 0 saturated carbocycles. The molecule has 0 aliphatic rings. The summed E-state index contributed by atoms with van der Waals surface area (Å²) in [6.07, 6.45) is 0.755. The Morgan fingerprint density at radius 3 is 2.31 bits per heavy atom. The molecule has 142 valence electrons. The largest absolute Gasteiger partial charge is 0.490 e. The zero-order valence-corrected chi connectivity index (χ0v) is 16.8. The second kappa shape index (κ2) is 8.54. The molecule has 0 spiro atoms. The summed E-state index contributed by atoms with van der Waals surface area (Å²) >= 11 is 0. The molecule has 1 N–H and O–H groups in total. The van der Waals surface area contributed by atoms with Crippen LogP contribution in [0.2, 0.25) is 0 Å². The lowest BCUT2D eigenvalue weighted by Crippen LogP contribution is -2.44. The van der Waals surface area contributed by atoms with Gasteiger partial charge in [0.2, 0.25) is 0 Å². The zero-order chi connectivity index (χ0) is 19.3. The van der Waals surface area contributed by atoms with E-state index in [1.165, 1.54) is 0 Å². The molecule has 2 aromatic carbocycles. The van der Waals surface area contributed by atoms with Gasteiger partial charge in [0, 0.05) is 23.1 Å². The van der Waals surface area contributed by atoms with Gasteiger partial charge in [0.1, 0.15) is 11.4 Å². The maximum atomic E-state index is 13.0. The Morgan fingerprint density at radius 2 is 1.73 bits per heavy atom. The minimum absolute atomic E-state index is 0.0890. The number of carbonyl (C=O) groups excluding carboxylic acids is 1. The van der Waals surface area contributed by atoms with Gasteiger partial charge in [-0.05, 0) is 52.2 Å². The number of anilines is 1. The molecule has 0 bridgehead atoms. The Labute approximate surface area is 156 Å². The van der Waals surface area contributed by atoms with Crippen LogP contribution in [0.5, 0.6) is 5.75 Å². The minimum atomic E-state index is -0.850. The second-order valence-electron chi connectivity index (χ2n) is 7.54. The van der Waals surface area contributed by atoms with Crippen LogP contribution >= 0.6 is 0 Å². The SMILES string of the molecule is CCO[C@@](C)(CC(C)C)C(=O)Nc1ccc(OC(C)C)c2ccccc12. The normalized spacial score (nSPS) is 13.8. The number of hydrogen-bond acceptors (Lipinski definition) is 3. The van der Waals surface area contributed by atoms with Gasteiger partial charge in [0.05, 0.1) is 6.10 Å². The average Bonchev–Trinajstić information content (AvgIpc) is 2.56. The van der Waals surface area contributed by atoms with Gasteiger partial charge < -0.3 is 14.8 Å². The molecule has 0 radical (unpaired) electrons. The fourth-order valence-electron chi connectivity index (χ4n) is 3.31. The third kappa shape index (κ3) is 4.76. The van der Waals surface area contributed by atoms with Gasteiger partial charge in [-0.1, -0.05) is 38.1 Å². The van der Waals surface area contributed by atoms with E-state index in [0.717, 1.165) is 22.2 Å². The lowest BCUT2D eigenvalue weighted by atomic mass is 9.92. The number of amides is 1. The van der Waals surface area contributed by atoms with Gasteiger partial charge in [-0.25, -0.2) is 0 Å². The molecule has 0 aliphatic heterocycles. The van der Waals surface area contributed by atoms with Crippen molar-refractivity contribution in [2.75, 3.05) is 11.9 Å². The van der Waals surface area contributed by atoms with E-state index in [9.17, 15) is 4.79 Å². The molecule has 4 nitrogen and oxygen atoms in total. The Kier molecular flexibility index (Phi) is 6.65. The summed E-state index contributed by atoms with van der Waals surface area (Å²) in [5.74, 6) is 1.06. The molecule has 26 heavy (non-hydrogen) atoms. The highest BCUT2D eigenvalue weighted by Gasteiger charge is 2.35. The van der Waals surface area contributed by atoms with E-state index >= 15 is 0 Å².